The number of carbonyl (C=O) groups is 2. The Kier molecular flexibility index (Phi) is 6.49. The van der Waals surface area contributed by atoms with Crippen LogP contribution in [0.4, 0.5) is 5.82 Å². The van der Waals surface area contributed by atoms with Crippen molar-refractivity contribution < 1.29 is 9.59 Å². The van der Waals surface area contributed by atoms with Crippen molar-refractivity contribution in [3.05, 3.63) is 47.7 Å². The fourth-order valence-electron chi connectivity index (χ4n) is 3.83. The normalized spacial score (nSPS) is 15.6. The number of benzene rings is 1. The van der Waals surface area contributed by atoms with E-state index in [0.717, 1.165) is 24.8 Å². The third kappa shape index (κ3) is 4.61. The molecule has 1 fully saturated rings. The quantitative estimate of drug-likeness (QED) is 0.741. The first-order valence-corrected chi connectivity index (χ1v) is 10.2. The molecule has 2 aromatic rings. The summed E-state index contributed by atoms with van der Waals surface area (Å²) in [6.07, 6.45) is 7.09. The molecule has 1 aromatic carbocycles. The van der Waals surface area contributed by atoms with Gasteiger partial charge in [-0.3, -0.25) is 9.59 Å². The molecule has 2 N–H and O–H groups in total. The first-order valence-electron chi connectivity index (χ1n) is 10.2. The van der Waals surface area contributed by atoms with Gasteiger partial charge < -0.3 is 10.6 Å². The predicted molar refractivity (Wildman–Crippen MR) is 110 cm³/mol. The van der Waals surface area contributed by atoms with Crippen LogP contribution in [0.25, 0.3) is 0 Å². The third-order valence-electron chi connectivity index (χ3n) is 5.49. The monoisotopic (exact) mass is 382 g/mol. The number of aryl methyl sites for hydroxylation is 1. The first kappa shape index (κ1) is 20.1. The Hall–Kier alpha value is -2.63. The van der Waals surface area contributed by atoms with Gasteiger partial charge in [0.2, 0.25) is 0 Å². The number of carbonyl (C=O) groups excluding carboxylic acids is 2. The molecule has 1 atom stereocenters. The molecule has 150 valence electrons. The molecule has 2 amide bonds. The molecule has 1 aromatic heterocycles. The van der Waals surface area contributed by atoms with Crippen LogP contribution < -0.4 is 10.6 Å². The van der Waals surface area contributed by atoms with Gasteiger partial charge >= 0.3 is 11.8 Å². The maximum atomic E-state index is 12.6. The minimum Gasteiger partial charge on any atom is -0.341 e. The highest BCUT2D eigenvalue weighted by Crippen LogP contribution is 2.31. The molecule has 0 radical (unpaired) electrons. The van der Waals surface area contributed by atoms with E-state index in [2.05, 4.69) is 34.8 Å². The van der Waals surface area contributed by atoms with Crippen LogP contribution in [0.3, 0.4) is 0 Å². The number of anilines is 1. The van der Waals surface area contributed by atoms with Gasteiger partial charge in [0.1, 0.15) is 5.82 Å². The fourth-order valence-corrected chi connectivity index (χ4v) is 3.83. The van der Waals surface area contributed by atoms with Gasteiger partial charge in [-0.05, 0) is 36.3 Å². The van der Waals surface area contributed by atoms with E-state index in [-0.39, 0.29) is 12.0 Å². The summed E-state index contributed by atoms with van der Waals surface area (Å²) in [5, 5.41) is 9.96. The van der Waals surface area contributed by atoms with Gasteiger partial charge in [-0.2, -0.15) is 5.10 Å². The summed E-state index contributed by atoms with van der Waals surface area (Å²) < 4.78 is 1.83. The molecule has 1 saturated carbocycles. The summed E-state index contributed by atoms with van der Waals surface area (Å²) in [5.74, 6) is -0.540. The molecule has 1 unspecified atom stereocenters. The molecule has 0 bridgehead atoms. The minimum absolute atomic E-state index is 0.160. The van der Waals surface area contributed by atoms with Crippen molar-refractivity contribution >= 4 is 17.6 Å². The first-order chi connectivity index (χ1) is 13.5. The summed E-state index contributed by atoms with van der Waals surface area (Å²) in [6, 6.07) is 10.0. The lowest BCUT2D eigenvalue weighted by molar-refractivity contribution is -0.136. The molecule has 6 nitrogen and oxygen atoms in total. The van der Waals surface area contributed by atoms with Crippen LogP contribution in [-0.4, -0.2) is 21.6 Å². The van der Waals surface area contributed by atoms with Crippen LogP contribution in [0.5, 0.6) is 0 Å². The van der Waals surface area contributed by atoms with Crippen molar-refractivity contribution in [3.63, 3.8) is 0 Å². The van der Waals surface area contributed by atoms with Gasteiger partial charge in [0.15, 0.2) is 0 Å². The Morgan fingerprint density at radius 3 is 2.39 bits per heavy atom. The molecular weight excluding hydrogens is 352 g/mol. The van der Waals surface area contributed by atoms with Crippen LogP contribution in [0.2, 0.25) is 0 Å². The smallest absolute Gasteiger partial charge is 0.314 e. The Morgan fingerprint density at radius 1 is 1.11 bits per heavy atom. The number of rotatable bonds is 6. The zero-order chi connectivity index (χ0) is 20.1. The standard InChI is InChI=1S/C22H30N4O2/c1-4-16-9-11-17(12-10-16)20(15(2)3)25-22(28)21(27)24-19-13-14-23-26(19)18-7-5-6-8-18/h9-15,18,20H,4-8H2,1-3H3,(H,24,27)(H,25,28). The average molecular weight is 383 g/mol. The number of hydrogen-bond donors (Lipinski definition) is 2. The lowest BCUT2D eigenvalue weighted by Crippen LogP contribution is -2.40. The second kappa shape index (κ2) is 9.04. The lowest BCUT2D eigenvalue weighted by Gasteiger charge is -2.23. The molecule has 6 heteroatoms. The average Bonchev–Trinajstić information content (AvgIpc) is 3.37. The summed E-state index contributed by atoms with van der Waals surface area (Å²) in [6.45, 7) is 6.18. The highest BCUT2D eigenvalue weighted by molar-refractivity contribution is 6.39. The molecule has 28 heavy (non-hydrogen) atoms. The molecule has 1 aliphatic carbocycles. The van der Waals surface area contributed by atoms with E-state index in [1.54, 1.807) is 12.3 Å². The molecule has 0 saturated heterocycles. The van der Waals surface area contributed by atoms with E-state index in [1.165, 1.54) is 18.4 Å². The number of hydrogen-bond acceptors (Lipinski definition) is 3. The number of aromatic nitrogens is 2. The van der Waals surface area contributed by atoms with E-state index in [4.69, 9.17) is 0 Å². The molecule has 0 spiro atoms. The van der Waals surface area contributed by atoms with Gasteiger partial charge in [-0.15, -0.1) is 0 Å². The Morgan fingerprint density at radius 2 is 1.79 bits per heavy atom. The Balaban J connectivity index is 1.66. The highest BCUT2D eigenvalue weighted by Gasteiger charge is 2.25. The van der Waals surface area contributed by atoms with Crippen LogP contribution in [-0.2, 0) is 16.0 Å². The van der Waals surface area contributed by atoms with Crippen molar-refractivity contribution in [2.45, 2.75) is 65.0 Å². The van der Waals surface area contributed by atoms with Crippen molar-refractivity contribution in [1.29, 1.82) is 0 Å². The molecular formula is C22H30N4O2. The van der Waals surface area contributed by atoms with Gasteiger partial charge in [0, 0.05) is 6.07 Å². The minimum atomic E-state index is -0.657. The van der Waals surface area contributed by atoms with Crippen LogP contribution in [0.1, 0.15) is 69.7 Å². The van der Waals surface area contributed by atoms with Crippen molar-refractivity contribution in [2.24, 2.45) is 5.92 Å². The topological polar surface area (TPSA) is 76.0 Å². The number of nitrogens with zero attached hydrogens (tertiary/aromatic N) is 2. The van der Waals surface area contributed by atoms with Crippen molar-refractivity contribution in [2.75, 3.05) is 5.32 Å². The fraction of sp³-hybridized carbons (Fsp3) is 0.500. The largest absolute Gasteiger partial charge is 0.341 e. The summed E-state index contributed by atoms with van der Waals surface area (Å²) >= 11 is 0. The molecule has 3 rings (SSSR count). The second-order valence-electron chi connectivity index (χ2n) is 7.84. The van der Waals surface area contributed by atoms with Gasteiger partial charge in [-0.25, -0.2) is 4.68 Å². The van der Waals surface area contributed by atoms with E-state index in [0.29, 0.717) is 11.9 Å². The van der Waals surface area contributed by atoms with Crippen molar-refractivity contribution in [3.8, 4) is 0 Å². The van der Waals surface area contributed by atoms with Crippen LogP contribution >= 0.6 is 0 Å². The second-order valence-corrected chi connectivity index (χ2v) is 7.84. The van der Waals surface area contributed by atoms with Crippen LogP contribution in [0.15, 0.2) is 36.5 Å². The summed E-state index contributed by atoms with van der Waals surface area (Å²) in [5.41, 5.74) is 2.25. The molecule has 1 heterocycles. The maximum Gasteiger partial charge on any atom is 0.314 e. The molecule has 0 aliphatic heterocycles. The van der Waals surface area contributed by atoms with Gasteiger partial charge in [-0.1, -0.05) is 57.9 Å². The third-order valence-corrected chi connectivity index (χ3v) is 5.49. The summed E-state index contributed by atoms with van der Waals surface area (Å²) in [4.78, 5) is 25.1. The van der Waals surface area contributed by atoms with Gasteiger partial charge in [0.25, 0.3) is 0 Å². The predicted octanol–water partition coefficient (Wildman–Crippen LogP) is 4.01. The van der Waals surface area contributed by atoms with E-state index in [1.807, 2.05) is 30.7 Å². The lowest BCUT2D eigenvalue weighted by atomic mass is 9.95. The van der Waals surface area contributed by atoms with Crippen molar-refractivity contribution in [1.82, 2.24) is 15.1 Å². The number of amides is 2. The van der Waals surface area contributed by atoms with E-state index >= 15 is 0 Å². The molecule has 1 aliphatic rings. The Labute approximate surface area is 166 Å². The maximum absolute atomic E-state index is 12.6. The van der Waals surface area contributed by atoms with Crippen LogP contribution in [0, 0.1) is 5.92 Å². The van der Waals surface area contributed by atoms with E-state index in [9.17, 15) is 9.59 Å². The van der Waals surface area contributed by atoms with Gasteiger partial charge in [0.05, 0.1) is 18.3 Å². The van der Waals surface area contributed by atoms with E-state index < -0.39 is 11.8 Å². The number of nitrogens with one attached hydrogen (secondary N) is 2. The SMILES string of the molecule is CCc1ccc(C(NC(=O)C(=O)Nc2ccnn2C2CCCC2)C(C)C)cc1. The Bertz CT molecular complexity index is 804. The highest BCUT2D eigenvalue weighted by atomic mass is 16.2. The zero-order valence-electron chi connectivity index (χ0n) is 16.9. The summed E-state index contributed by atoms with van der Waals surface area (Å²) in [7, 11) is 0. The zero-order valence-corrected chi connectivity index (χ0v) is 16.9.